The van der Waals surface area contributed by atoms with Crippen molar-refractivity contribution in [2.45, 2.75) is 24.5 Å². The highest BCUT2D eigenvalue weighted by atomic mass is 35.5. The van der Waals surface area contributed by atoms with Gasteiger partial charge in [0.15, 0.2) is 0 Å². The molecule has 2 rings (SSSR count). The zero-order valence-electron chi connectivity index (χ0n) is 12.0. The molecule has 0 spiro atoms. The number of benzene rings is 1. The van der Waals surface area contributed by atoms with Gasteiger partial charge in [-0.2, -0.15) is 11.8 Å². The van der Waals surface area contributed by atoms with Crippen LogP contribution in [0.3, 0.4) is 0 Å². The molecule has 2 N–H and O–H groups in total. The zero-order chi connectivity index (χ0) is 13.9. The molecule has 20 heavy (non-hydrogen) atoms. The second-order valence-corrected chi connectivity index (χ2v) is 7.37. The molecule has 0 radical (unpaired) electrons. The zero-order valence-corrected chi connectivity index (χ0v) is 13.7. The van der Waals surface area contributed by atoms with E-state index < -0.39 is 0 Å². The highest BCUT2D eigenvalue weighted by Crippen LogP contribution is 2.31. The van der Waals surface area contributed by atoms with Crippen LogP contribution in [0.25, 0.3) is 0 Å². The number of thioether (sulfide) groups is 1. The van der Waals surface area contributed by atoms with Crippen molar-refractivity contribution in [3.05, 3.63) is 35.9 Å². The molecule has 1 aromatic rings. The Kier molecular flexibility index (Phi) is 6.37. The first kappa shape index (κ1) is 17.3. The van der Waals surface area contributed by atoms with Crippen LogP contribution in [0, 0.1) is 0 Å². The predicted octanol–water partition coefficient (Wildman–Crippen LogP) is 2.50. The molecular weight excluding hydrogens is 292 g/mol. The van der Waals surface area contributed by atoms with Gasteiger partial charge < -0.3 is 10.6 Å². The second-order valence-electron chi connectivity index (χ2n) is 5.57. The Morgan fingerprint density at radius 2 is 2.05 bits per heavy atom. The number of halogens is 1. The minimum Gasteiger partial charge on any atom is -0.340 e. The molecule has 3 nitrogen and oxygen atoms in total. The summed E-state index contributed by atoms with van der Waals surface area (Å²) < 4.78 is 0.143. The van der Waals surface area contributed by atoms with Crippen LogP contribution in [-0.2, 0) is 4.79 Å². The Bertz CT molecular complexity index is 439. The van der Waals surface area contributed by atoms with Gasteiger partial charge in [-0.05, 0) is 19.4 Å². The van der Waals surface area contributed by atoms with Crippen LogP contribution in [0.5, 0.6) is 0 Å². The van der Waals surface area contributed by atoms with Crippen molar-refractivity contribution in [1.82, 2.24) is 4.90 Å². The summed E-state index contributed by atoms with van der Waals surface area (Å²) in [5, 5.41) is 0. The van der Waals surface area contributed by atoms with Crippen molar-refractivity contribution in [2.24, 2.45) is 5.73 Å². The van der Waals surface area contributed by atoms with Crippen molar-refractivity contribution >= 4 is 30.1 Å². The number of hydrogen-bond acceptors (Lipinski definition) is 3. The number of nitrogens with two attached hydrogens (primary N) is 1. The topological polar surface area (TPSA) is 46.3 Å². The molecule has 1 fully saturated rings. The average molecular weight is 315 g/mol. The van der Waals surface area contributed by atoms with E-state index in [2.05, 4.69) is 13.8 Å². The lowest BCUT2D eigenvalue weighted by atomic mass is 9.97. The molecule has 0 bridgehead atoms. The fraction of sp³-hybridized carbons (Fsp3) is 0.533. The van der Waals surface area contributed by atoms with E-state index in [0.717, 1.165) is 24.4 Å². The van der Waals surface area contributed by atoms with E-state index in [9.17, 15) is 4.79 Å². The Balaban J connectivity index is 0.00000200. The number of hydrogen-bond donors (Lipinski definition) is 1. The Morgan fingerprint density at radius 1 is 1.40 bits per heavy atom. The van der Waals surface area contributed by atoms with Crippen LogP contribution < -0.4 is 5.73 Å². The minimum atomic E-state index is -0.208. The monoisotopic (exact) mass is 314 g/mol. The Hall–Kier alpha value is -0.710. The van der Waals surface area contributed by atoms with Crippen molar-refractivity contribution < 1.29 is 4.79 Å². The molecular formula is C15H23ClN2OS. The fourth-order valence-corrected chi connectivity index (χ4v) is 3.60. The van der Waals surface area contributed by atoms with Gasteiger partial charge in [0.25, 0.3) is 0 Å². The van der Waals surface area contributed by atoms with Gasteiger partial charge in [-0.3, -0.25) is 4.79 Å². The highest BCUT2D eigenvalue weighted by molar-refractivity contribution is 8.00. The number of carbonyl (C=O) groups is 1. The maximum atomic E-state index is 12.7. The van der Waals surface area contributed by atoms with Gasteiger partial charge in [0.05, 0.1) is 5.92 Å². The van der Waals surface area contributed by atoms with Crippen molar-refractivity contribution in [2.75, 3.05) is 25.4 Å². The van der Waals surface area contributed by atoms with E-state index in [4.69, 9.17) is 5.73 Å². The van der Waals surface area contributed by atoms with E-state index in [1.54, 1.807) is 0 Å². The van der Waals surface area contributed by atoms with Gasteiger partial charge in [-0.25, -0.2) is 0 Å². The van der Waals surface area contributed by atoms with Crippen LogP contribution in [0.4, 0.5) is 0 Å². The van der Waals surface area contributed by atoms with Crippen LogP contribution in [0.15, 0.2) is 30.3 Å². The number of nitrogens with zero attached hydrogens (tertiary/aromatic N) is 1. The quantitative estimate of drug-likeness (QED) is 0.932. The SMILES string of the molecule is CC1(C)CN(C(=O)C(CN)c2ccccc2)CCS1.Cl. The van der Waals surface area contributed by atoms with Crippen LogP contribution in [0.1, 0.15) is 25.3 Å². The fourth-order valence-electron chi connectivity index (χ4n) is 2.49. The molecule has 0 aromatic heterocycles. The molecule has 1 atom stereocenters. The first-order chi connectivity index (χ1) is 9.03. The minimum absolute atomic E-state index is 0. The summed E-state index contributed by atoms with van der Waals surface area (Å²) >= 11 is 1.93. The van der Waals surface area contributed by atoms with Gasteiger partial charge in [0, 0.05) is 30.1 Å². The van der Waals surface area contributed by atoms with Gasteiger partial charge in [-0.1, -0.05) is 30.3 Å². The third kappa shape index (κ3) is 4.14. The Morgan fingerprint density at radius 3 is 2.60 bits per heavy atom. The number of carbonyl (C=O) groups excluding carboxylic acids is 1. The van der Waals surface area contributed by atoms with E-state index in [1.165, 1.54) is 0 Å². The van der Waals surface area contributed by atoms with Gasteiger partial charge in [-0.15, -0.1) is 12.4 Å². The van der Waals surface area contributed by atoms with E-state index in [0.29, 0.717) is 6.54 Å². The number of rotatable bonds is 3. The highest BCUT2D eigenvalue weighted by Gasteiger charge is 2.32. The maximum absolute atomic E-state index is 12.7. The van der Waals surface area contributed by atoms with Crippen molar-refractivity contribution in [3.63, 3.8) is 0 Å². The molecule has 1 heterocycles. The summed E-state index contributed by atoms with van der Waals surface area (Å²) in [5.74, 6) is 0.965. The lowest BCUT2D eigenvalue weighted by Crippen LogP contribution is -2.48. The lowest BCUT2D eigenvalue weighted by molar-refractivity contribution is -0.132. The lowest BCUT2D eigenvalue weighted by Gasteiger charge is -2.39. The first-order valence-electron chi connectivity index (χ1n) is 6.71. The smallest absolute Gasteiger partial charge is 0.231 e. The van der Waals surface area contributed by atoms with Gasteiger partial charge in [0.2, 0.25) is 5.91 Å². The second kappa shape index (κ2) is 7.34. The molecule has 1 saturated heterocycles. The molecule has 0 aliphatic carbocycles. The largest absolute Gasteiger partial charge is 0.340 e. The normalized spacial score (nSPS) is 19.1. The molecule has 1 unspecified atom stereocenters. The predicted molar refractivity (Wildman–Crippen MR) is 88.6 cm³/mol. The number of amides is 1. The van der Waals surface area contributed by atoms with Gasteiger partial charge >= 0.3 is 0 Å². The summed E-state index contributed by atoms with van der Waals surface area (Å²) in [4.78, 5) is 14.6. The van der Waals surface area contributed by atoms with Crippen LogP contribution in [0.2, 0.25) is 0 Å². The van der Waals surface area contributed by atoms with Crippen molar-refractivity contribution in [1.29, 1.82) is 0 Å². The van der Waals surface area contributed by atoms with E-state index in [1.807, 2.05) is 47.0 Å². The van der Waals surface area contributed by atoms with E-state index in [-0.39, 0.29) is 29.0 Å². The average Bonchev–Trinajstić information content (AvgIpc) is 2.39. The summed E-state index contributed by atoms with van der Waals surface area (Å²) in [7, 11) is 0. The van der Waals surface area contributed by atoms with Gasteiger partial charge in [0.1, 0.15) is 0 Å². The van der Waals surface area contributed by atoms with Crippen molar-refractivity contribution in [3.8, 4) is 0 Å². The summed E-state index contributed by atoms with van der Waals surface area (Å²) in [6, 6.07) is 9.85. The molecule has 5 heteroatoms. The summed E-state index contributed by atoms with van der Waals surface area (Å²) in [6.45, 7) is 6.39. The van der Waals surface area contributed by atoms with E-state index >= 15 is 0 Å². The molecule has 1 aromatic carbocycles. The third-order valence-corrected chi connectivity index (χ3v) is 4.77. The Labute approximate surface area is 131 Å². The van der Waals surface area contributed by atoms with Crippen LogP contribution >= 0.6 is 24.2 Å². The molecule has 1 aliphatic rings. The standard InChI is InChI=1S/C15H22N2OS.ClH/c1-15(2)11-17(8-9-19-15)14(18)13(10-16)12-6-4-3-5-7-12;/h3-7,13H,8-11,16H2,1-2H3;1H. The molecule has 112 valence electrons. The molecule has 0 saturated carbocycles. The van der Waals surface area contributed by atoms with Crippen LogP contribution in [-0.4, -0.2) is 40.9 Å². The first-order valence-corrected chi connectivity index (χ1v) is 7.70. The molecule has 1 amide bonds. The molecule has 1 aliphatic heterocycles. The third-order valence-electron chi connectivity index (χ3n) is 3.47. The maximum Gasteiger partial charge on any atom is 0.231 e. The summed E-state index contributed by atoms with van der Waals surface area (Å²) in [6.07, 6.45) is 0. The summed E-state index contributed by atoms with van der Waals surface area (Å²) in [5.41, 5.74) is 6.85.